The fourth-order valence-corrected chi connectivity index (χ4v) is 3.08. The Morgan fingerprint density at radius 2 is 1.62 bits per heavy atom. The molecule has 0 bridgehead atoms. The molecule has 0 amide bonds. The third kappa shape index (κ3) is 4.27. The molecule has 0 N–H and O–H groups in total. The van der Waals surface area contributed by atoms with E-state index in [-0.39, 0.29) is 18.5 Å². The summed E-state index contributed by atoms with van der Waals surface area (Å²) in [5.74, 6) is -0.593. The zero-order valence-corrected chi connectivity index (χ0v) is 15.8. The number of halogens is 2. The minimum absolute atomic E-state index is 0.248. The number of esters is 1. The molecule has 0 heterocycles. The van der Waals surface area contributed by atoms with E-state index < -0.39 is 0 Å². The molecule has 2 nitrogen and oxygen atoms in total. The first-order chi connectivity index (χ1) is 12.6. The SMILES string of the molecule is CC(C(=O)OCc1ccccc1)c1ccc(-c2cccc(Cl)c2Cl)cc1. The van der Waals surface area contributed by atoms with E-state index in [1.54, 1.807) is 6.07 Å². The quantitative estimate of drug-likeness (QED) is 0.468. The standard InChI is InChI=1S/C22H18Cl2O2/c1-15(22(25)26-14-16-6-3-2-4-7-16)17-10-12-18(13-11-17)19-8-5-9-20(23)21(19)24/h2-13,15H,14H2,1H3. The molecule has 1 atom stereocenters. The Bertz CT molecular complexity index is 890. The highest BCUT2D eigenvalue weighted by Gasteiger charge is 2.17. The Labute approximate surface area is 163 Å². The first kappa shape index (κ1) is 18.5. The number of hydrogen-bond acceptors (Lipinski definition) is 2. The van der Waals surface area contributed by atoms with Gasteiger partial charge in [-0.15, -0.1) is 0 Å². The average Bonchev–Trinajstić information content (AvgIpc) is 2.68. The van der Waals surface area contributed by atoms with Crippen molar-refractivity contribution in [3.63, 3.8) is 0 Å². The highest BCUT2D eigenvalue weighted by molar-refractivity contribution is 6.43. The Morgan fingerprint density at radius 3 is 2.31 bits per heavy atom. The first-order valence-corrected chi connectivity index (χ1v) is 9.07. The zero-order valence-electron chi connectivity index (χ0n) is 14.3. The van der Waals surface area contributed by atoms with E-state index in [4.69, 9.17) is 27.9 Å². The van der Waals surface area contributed by atoms with Crippen molar-refractivity contribution in [1.29, 1.82) is 0 Å². The summed E-state index contributed by atoms with van der Waals surface area (Å²) in [5.41, 5.74) is 3.68. The van der Waals surface area contributed by atoms with Gasteiger partial charge in [-0.3, -0.25) is 4.79 Å². The van der Waals surface area contributed by atoms with Gasteiger partial charge >= 0.3 is 5.97 Å². The minimum Gasteiger partial charge on any atom is -0.460 e. The third-order valence-corrected chi connectivity index (χ3v) is 5.07. The van der Waals surface area contributed by atoms with Gasteiger partial charge in [-0.2, -0.15) is 0 Å². The van der Waals surface area contributed by atoms with Crippen LogP contribution in [-0.2, 0) is 16.1 Å². The lowest BCUT2D eigenvalue weighted by molar-refractivity contribution is -0.146. The fourth-order valence-electron chi connectivity index (χ4n) is 2.67. The van der Waals surface area contributed by atoms with E-state index in [0.29, 0.717) is 10.0 Å². The zero-order chi connectivity index (χ0) is 18.5. The van der Waals surface area contributed by atoms with Gasteiger partial charge < -0.3 is 4.74 Å². The van der Waals surface area contributed by atoms with Crippen LogP contribution in [0.4, 0.5) is 0 Å². The van der Waals surface area contributed by atoms with Crippen molar-refractivity contribution in [1.82, 2.24) is 0 Å². The van der Waals surface area contributed by atoms with E-state index in [1.165, 1.54) is 0 Å². The van der Waals surface area contributed by atoms with Gasteiger partial charge in [-0.25, -0.2) is 0 Å². The molecule has 0 radical (unpaired) electrons. The molecule has 132 valence electrons. The largest absolute Gasteiger partial charge is 0.460 e. The molecule has 3 rings (SSSR count). The molecule has 0 spiro atoms. The smallest absolute Gasteiger partial charge is 0.313 e. The van der Waals surface area contributed by atoms with Gasteiger partial charge in [-0.1, -0.05) is 89.9 Å². The maximum absolute atomic E-state index is 12.3. The summed E-state index contributed by atoms with van der Waals surface area (Å²) in [6.07, 6.45) is 0. The van der Waals surface area contributed by atoms with Crippen LogP contribution in [0.2, 0.25) is 10.0 Å². The summed E-state index contributed by atoms with van der Waals surface area (Å²) in [5, 5.41) is 1.04. The molecule has 1 unspecified atom stereocenters. The van der Waals surface area contributed by atoms with Gasteiger partial charge in [-0.05, 0) is 29.7 Å². The van der Waals surface area contributed by atoms with Gasteiger partial charge in [0.15, 0.2) is 0 Å². The van der Waals surface area contributed by atoms with Crippen LogP contribution in [0.1, 0.15) is 24.0 Å². The second-order valence-electron chi connectivity index (χ2n) is 6.04. The molecule has 0 saturated carbocycles. The minimum atomic E-state index is -0.345. The van der Waals surface area contributed by atoms with Crippen molar-refractivity contribution >= 4 is 29.2 Å². The second-order valence-corrected chi connectivity index (χ2v) is 6.82. The Hall–Kier alpha value is -2.29. The summed E-state index contributed by atoms with van der Waals surface area (Å²) >= 11 is 12.4. The Morgan fingerprint density at radius 1 is 0.923 bits per heavy atom. The molecule has 3 aromatic carbocycles. The van der Waals surface area contributed by atoms with Gasteiger partial charge in [0.1, 0.15) is 6.61 Å². The Balaban J connectivity index is 1.69. The van der Waals surface area contributed by atoms with E-state index in [9.17, 15) is 4.79 Å². The van der Waals surface area contributed by atoms with Crippen LogP contribution in [0.25, 0.3) is 11.1 Å². The lowest BCUT2D eigenvalue weighted by atomic mass is 9.97. The molecule has 0 aliphatic heterocycles. The van der Waals surface area contributed by atoms with Gasteiger partial charge in [0.2, 0.25) is 0 Å². The van der Waals surface area contributed by atoms with Crippen molar-refractivity contribution in [3.05, 3.63) is 94.0 Å². The molecule has 0 aromatic heterocycles. The highest BCUT2D eigenvalue weighted by Crippen LogP contribution is 2.34. The number of benzene rings is 3. The number of rotatable bonds is 5. The molecule has 0 aliphatic rings. The maximum atomic E-state index is 12.3. The molecule has 0 fully saturated rings. The summed E-state index contributed by atoms with van der Waals surface area (Å²) in [4.78, 5) is 12.3. The summed E-state index contributed by atoms with van der Waals surface area (Å²) in [6.45, 7) is 2.12. The van der Waals surface area contributed by atoms with E-state index >= 15 is 0 Å². The number of hydrogen-bond donors (Lipinski definition) is 0. The van der Waals surface area contributed by atoms with Crippen LogP contribution in [0, 0.1) is 0 Å². The average molecular weight is 385 g/mol. The maximum Gasteiger partial charge on any atom is 0.313 e. The number of carbonyl (C=O) groups is 1. The molecule has 26 heavy (non-hydrogen) atoms. The van der Waals surface area contributed by atoms with E-state index in [2.05, 4.69) is 0 Å². The van der Waals surface area contributed by atoms with Crippen LogP contribution in [0.15, 0.2) is 72.8 Å². The molecule has 3 aromatic rings. The van der Waals surface area contributed by atoms with Gasteiger partial charge in [0, 0.05) is 5.56 Å². The predicted molar refractivity (Wildman–Crippen MR) is 107 cm³/mol. The summed E-state index contributed by atoms with van der Waals surface area (Å²) in [7, 11) is 0. The van der Waals surface area contributed by atoms with Crippen molar-refractivity contribution in [2.75, 3.05) is 0 Å². The van der Waals surface area contributed by atoms with Crippen molar-refractivity contribution in [2.45, 2.75) is 19.4 Å². The molecular weight excluding hydrogens is 367 g/mol. The van der Waals surface area contributed by atoms with Crippen LogP contribution < -0.4 is 0 Å². The van der Waals surface area contributed by atoms with Crippen molar-refractivity contribution in [3.8, 4) is 11.1 Å². The normalized spacial score (nSPS) is 11.8. The summed E-state index contributed by atoms with van der Waals surface area (Å²) < 4.78 is 5.42. The van der Waals surface area contributed by atoms with E-state index in [1.807, 2.05) is 73.7 Å². The van der Waals surface area contributed by atoms with Crippen LogP contribution in [0.5, 0.6) is 0 Å². The molecule has 4 heteroatoms. The first-order valence-electron chi connectivity index (χ1n) is 8.31. The van der Waals surface area contributed by atoms with Crippen LogP contribution in [-0.4, -0.2) is 5.97 Å². The van der Waals surface area contributed by atoms with Gasteiger partial charge in [0.25, 0.3) is 0 Å². The topological polar surface area (TPSA) is 26.3 Å². The Kier molecular flexibility index (Phi) is 5.97. The van der Waals surface area contributed by atoms with Gasteiger partial charge in [0.05, 0.1) is 16.0 Å². The van der Waals surface area contributed by atoms with Crippen LogP contribution in [0.3, 0.4) is 0 Å². The van der Waals surface area contributed by atoms with Crippen molar-refractivity contribution < 1.29 is 9.53 Å². The van der Waals surface area contributed by atoms with E-state index in [0.717, 1.165) is 22.3 Å². The van der Waals surface area contributed by atoms with Crippen molar-refractivity contribution in [2.24, 2.45) is 0 Å². The predicted octanol–water partition coefficient (Wildman–Crippen LogP) is 6.51. The molecule has 0 saturated heterocycles. The lowest BCUT2D eigenvalue weighted by Crippen LogP contribution is -2.13. The molecule has 0 aliphatic carbocycles. The van der Waals surface area contributed by atoms with Crippen LogP contribution >= 0.6 is 23.2 Å². The number of carbonyl (C=O) groups excluding carboxylic acids is 1. The lowest BCUT2D eigenvalue weighted by Gasteiger charge is -2.13. The monoisotopic (exact) mass is 384 g/mol. The summed E-state index contributed by atoms with van der Waals surface area (Å²) in [6, 6.07) is 22.9. The second kappa shape index (κ2) is 8.39. The highest BCUT2D eigenvalue weighted by atomic mass is 35.5. The number of ether oxygens (including phenoxy) is 1. The third-order valence-electron chi connectivity index (χ3n) is 4.25. The molecular formula is C22H18Cl2O2. The fraction of sp³-hybridized carbons (Fsp3) is 0.136.